The van der Waals surface area contributed by atoms with Crippen LogP contribution in [0.2, 0.25) is 0 Å². The summed E-state index contributed by atoms with van der Waals surface area (Å²) < 4.78 is 3.19. The van der Waals surface area contributed by atoms with Crippen molar-refractivity contribution in [2.75, 3.05) is 0 Å². The summed E-state index contributed by atoms with van der Waals surface area (Å²) >= 11 is 0. The van der Waals surface area contributed by atoms with Gasteiger partial charge in [0.05, 0.1) is 23.9 Å². The number of aliphatic carboxylic acids is 1. The average molecular weight is 468 g/mol. The number of pyridine rings is 1. The van der Waals surface area contributed by atoms with E-state index >= 15 is 0 Å². The zero-order chi connectivity index (χ0) is 24.4. The zero-order valence-electron chi connectivity index (χ0n) is 18.5. The third kappa shape index (κ3) is 4.49. The molecule has 5 rings (SSSR count). The minimum atomic E-state index is -0.908. The van der Waals surface area contributed by atoms with E-state index < -0.39 is 5.97 Å². The second kappa shape index (κ2) is 9.18. The Morgan fingerprint density at radius 3 is 2.43 bits per heavy atom. The predicted molar refractivity (Wildman–Crippen MR) is 127 cm³/mol. The van der Waals surface area contributed by atoms with E-state index in [4.69, 9.17) is 5.11 Å². The first-order valence-corrected chi connectivity index (χ1v) is 10.8. The SMILES string of the molecule is O=C(O)Cc1ccc(Cn2c(=O)c3cc(C(=O)NCc4ccncc4)ccc3n3cnnc23)cc1. The lowest BCUT2D eigenvalue weighted by atomic mass is 10.1. The highest BCUT2D eigenvalue weighted by atomic mass is 16.4. The Morgan fingerprint density at radius 2 is 1.69 bits per heavy atom. The number of carboxylic acid groups (broad SMARTS) is 1. The first kappa shape index (κ1) is 22.0. The molecule has 3 heterocycles. The van der Waals surface area contributed by atoms with Crippen molar-refractivity contribution in [3.05, 3.63) is 106 Å². The van der Waals surface area contributed by atoms with Crippen molar-refractivity contribution >= 4 is 28.6 Å². The lowest BCUT2D eigenvalue weighted by molar-refractivity contribution is -0.136. The molecule has 10 nitrogen and oxygen atoms in total. The van der Waals surface area contributed by atoms with Gasteiger partial charge in [0.15, 0.2) is 0 Å². The molecule has 0 bridgehead atoms. The van der Waals surface area contributed by atoms with E-state index in [9.17, 15) is 14.4 Å². The molecule has 2 aromatic carbocycles. The van der Waals surface area contributed by atoms with E-state index in [2.05, 4.69) is 20.5 Å². The Labute approximate surface area is 198 Å². The number of fused-ring (bicyclic) bond motifs is 3. The molecule has 2 N–H and O–H groups in total. The van der Waals surface area contributed by atoms with E-state index in [-0.39, 0.29) is 24.4 Å². The van der Waals surface area contributed by atoms with Crippen LogP contribution in [-0.4, -0.2) is 41.1 Å². The van der Waals surface area contributed by atoms with Crippen molar-refractivity contribution in [3.63, 3.8) is 0 Å². The molecule has 0 atom stereocenters. The molecule has 35 heavy (non-hydrogen) atoms. The molecule has 174 valence electrons. The maximum absolute atomic E-state index is 13.5. The van der Waals surface area contributed by atoms with Gasteiger partial charge in [0.2, 0.25) is 5.78 Å². The van der Waals surface area contributed by atoms with Crippen LogP contribution in [0.3, 0.4) is 0 Å². The number of aromatic nitrogens is 5. The van der Waals surface area contributed by atoms with Crippen LogP contribution in [0.5, 0.6) is 0 Å². The summed E-state index contributed by atoms with van der Waals surface area (Å²) in [5.74, 6) is -0.839. The van der Waals surface area contributed by atoms with Crippen molar-refractivity contribution < 1.29 is 14.7 Å². The van der Waals surface area contributed by atoms with Gasteiger partial charge in [0.1, 0.15) is 6.33 Å². The van der Waals surface area contributed by atoms with Gasteiger partial charge in [0, 0.05) is 24.5 Å². The highest BCUT2D eigenvalue weighted by Gasteiger charge is 2.15. The van der Waals surface area contributed by atoms with Gasteiger partial charge in [0.25, 0.3) is 11.5 Å². The van der Waals surface area contributed by atoms with Gasteiger partial charge in [-0.25, -0.2) is 0 Å². The molecular formula is C25H20N6O4. The van der Waals surface area contributed by atoms with Crippen molar-refractivity contribution in [1.29, 1.82) is 0 Å². The fourth-order valence-electron chi connectivity index (χ4n) is 3.93. The lowest BCUT2D eigenvalue weighted by Gasteiger charge is -2.12. The molecule has 0 aliphatic rings. The Balaban J connectivity index is 1.49. The Morgan fingerprint density at radius 1 is 0.943 bits per heavy atom. The number of benzene rings is 2. The second-order valence-electron chi connectivity index (χ2n) is 8.05. The maximum atomic E-state index is 13.5. The number of nitrogens with zero attached hydrogens (tertiary/aromatic N) is 5. The van der Waals surface area contributed by atoms with E-state index in [1.807, 2.05) is 12.1 Å². The number of nitrogens with one attached hydrogen (secondary N) is 1. The number of hydrogen-bond donors (Lipinski definition) is 2. The van der Waals surface area contributed by atoms with E-state index in [0.717, 1.165) is 11.1 Å². The van der Waals surface area contributed by atoms with Crippen LogP contribution in [-0.2, 0) is 24.3 Å². The molecule has 0 aliphatic carbocycles. The number of amides is 1. The van der Waals surface area contributed by atoms with Crippen LogP contribution in [0.4, 0.5) is 0 Å². The Bertz CT molecular complexity index is 1610. The highest BCUT2D eigenvalue weighted by molar-refractivity contribution is 5.98. The minimum Gasteiger partial charge on any atom is -0.481 e. The average Bonchev–Trinajstić information content (AvgIpc) is 3.36. The summed E-state index contributed by atoms with van der Waals surface area (Å²) in [7, 11) is 0. The number of hydrogen-bond acceptors (Lipinski definition) is 6. The van der Waals surface area contributed by atoms with Gasteiger partial charge in [-0.3, -0.25) is 28.3 Å². The fourth-order valence-corrected chi connectivity index (χ4v) is 3.93. The molecule has 0 fully saturated rings. The summed E-state index contributed by atoms with van der Waals surface area (Å²) in [6.45, 7) is 0.550. The largest absolute Gasteiger partial charge is 0.481 e. The molecule has 5 aromatic rings. The van der Waals surface area contributed by atoms with Crippen molar-refractivity contribution in [1.82, 2.24) is 29.5 Å². The molecule has 0 spiro atoms. The number of carbonyl (C=O) groups excluding carboxylic acids is 1. The van der Waals surface area contributed by atoms with E-state index in [1.165, 1.54) is 10.9 Å². The predicted octanol–water partition coefficient (Wildman–Crippen LogP) is 2.04. The van der Waals surface area contributed by atoms with Crippen LogP contribution < -0.4 is 10.9 Å². The van der Waals surface area contributed by atoms with E-state index in [1.54, 1.807) is 59.3 Å². The number of carboxylic acids is 1. The summed E-state index contributed by atoms with van der Waals surface area (Å²) in [5.41, 5.74) is 3.03. The van der Waals surface area contributed by atoms with Crippen LogP contribution in [0.25, 0.3) is 16.7 Å². The summed E-state index contributed by atoms with van der Waals surface area (Å²) in [4.78, 5) is 41.1. The lowest BCUT2D eigenvalue weighted by Crippen LogP contribution is -2.25. The quantitative estimate of drug-likeness (QED) is 0.374. The topological polar surface area (TPSA) is 131 Å². The molecule has 1 amide bonds. The molecule has 0 aliphatic heterocycles. The maximum Gasteiger partial charge on any atom is 0.307 e. The van der Waals surface area contributed by atoms with E-state index in [0.29, 0.717) is 34.4 Å². The third-order valence-electron chi connectivity index (χ3n) is 5.69. The van der Waals surface area contributed by atoms with Crippen molar-refractivity contribution in [2.45, 2.75) is 19.5 Å². The standard InChI is InChI=1S/C25H20N6O4/c32-22(33)11-16-1-3-18(4-2-16)14-30-24(35)20-12-19(5-6-21(20)31-15-28-29-25(30)31)23(34)27-13-17-7-9-26-10-8-17/h1-10,12,15H,11,13-14H2,(H,27,34)(H,32,33). The van der Waals surface area contributed by atoms with Crippen LogP contribution in [0.1, 0.15) is 27.0 Å². The molecular weight excluding hydrogens is 448 g/mol. The molecule has 0 radical (unpaired) electrons. The third-order valence-corrected chi connectivity index (χ3v) is 5.69. The molecule has 0 saturated carbocycles. The second-order valence-corrected chi connectivity index (χ2v) is 8.05. The van der Waals surface area contributed by atoms with Crippen LogP contribution >= 0.6 is 0 Å². The van der Waals surface area contributed by atoms with Gasteiger partial charge >= 0.3 is 5.97 Å². The fraction of sp³-hybridized carbons (Fsp3) is 0.120. The Hall–Kier alpha value is -4.86. The molecule has 3 aromatic heterocycles. The monoisotopic (exact) mass is 468 g/mol. The molecule has 10 heteroatoms. The summed E-state index contributed by atoms with van der Waals surface area (Å²) in [5, 5.41) is 20.3. The van der Waals surface area contributed by atoms with Crippen molar-refractivity contribution in [3.8, 4) is 0 Å². The van der Waals surface area contributed by atoms with Gasteiger partial charge in [-0.15, -0.1) is 10.2 Å². The first-order chi connectivity index (χ1) is 17.0. The van der Waals surface area contributed by atoms with Gasteiger partial charge in [-0.2, -0.15) is 0 Å². The minimum absolute atomic E-state index is 0.0728. The number of carbonyl (C=O) groups is 2. The smallest absolute Gasteiger partial charge is 0.307 e. The zero-order valence-corrected chi connectivity index (χ0v) is 18.5. The van der Waals surface area contributed by atoms with Gasteiger partial charge in [-0.05, 0) is 47.0 Å². The number of rotatable bonds is 7. The normalized spacial score (nSPS) is 11.1. The Kier molecular flexibility index (Phi) is 5.76. The molecule has 0 unspecified atom stereocenters. The van der Waals surface area contributed by atoms with Crippen molar-refractivity contribution in [2.24, 2.45) is 0 Å². The van der Waals surface area contributed by atoms with Crippen LogP contribution in [0, 0.1) is 0 Å². The molecule has 0 saturated heterocycles. The summed E-state index contributed by atoms with van der Waals surface area (Å²) in [6.07, 6.45) is 4.76. The highest BCUT2D eigenvalue weighted by Crippen LogP contribution is 2.16. The van der Waals surface area contributed by atoms with Gasteiger partial charge in [-0.1, -0.05) is 24.3 Å². The first-order valence-electron chi connectivity index (χ1n) is 10.8. The summed E-state index contributed by atoms with van der Waals surface area (Å²) in [6, 6.07) is 15.6. The van der Waals surface area contributed by atoms with Gasteiger partial charge < -0.3 is 10.4 Å². The van der Waals surface area contributed by atoms with Crippen LogP contribution in [0.15, 0.2) is 78.1 Å².